The molecule has 0 spiro atoms. The monoisotopic (exact) mass is 284 g/mol. The molecule has 21 heavy (non-hydrogen) atoms. The molecule has 2 rings (SSSR count). The van der Waals surface area contributed by atoms with Crippen molar-refractivity contribution >= 4 is 5.97 Å². The molecular formula is C19H24O2. The lowest BCUT2D eigenvalue weighted by Gasteiger charge is -2.17. The second-order valence-corrected chi connectivity index (χ2v) is 6.74. The quantitative estimate of drug-likeness (QED) is 0.442. The highest BCUT2D eigenvalue weighted by Gasteiger charge is 2.25. The van der Waals surface area contributed by atoms with Gasteiger partial charge in [-0.25, -0.2) is 0 Å². The van der Waals surface area contributed by atoms with Gasteiger partial charge in [0.2, 0.25) is 0 Å². The minimum absolute atomic E-state index is 0.217. The van der Waals surface area contributed by atoms with E-state index in [1.807, 2.05) is 26.8 Å². The van der Waals surface area contributed by atoms with E-state index in [0.717, 1.165) is 12.8 Å². The maximum Gasteiger partial charge on any atom is 0.316 e. The SMILES string of the molecule is C=C(CC1=CC(c2ccccc2)CC1)OC(=O)C(C)(C)C. The summed E-state index contributed by atoms with van der Waals surface area (Å²) in [6.07, 6.45) is 5.13. The summed E-state index contributed by atoms with van der Waals surface area (Å²) >= 11 is 0. The zero-order valence-electron chi connectivity index (χ0n) is 13.2. The molecule has 1 aromatic carbocycles. The van der Waals surface area contributed by atoms with Gasteiger partial charge in [-0.05, 0) is 39.2 Å². The second kappa shape index (κ2) is 6.30. The largest absolute Gasteiger partial charge is 0.431 e. The Kier molecular flexibility index (Phi) is 4.66. The van der Waals surface area contributed by atoms with Gasteiger partial charge in [0.15, 0.2) is 0 Å². The lowest BCUT2D eigenvalue weighted by Crippen LogP contribution is -2.22. The number of benzene rings is 1. The zero-order chi connectivity index (χ0) is 15.5. The highest BCUT2D eigenvalue weighted by molar-refractivity contribution is 5.76. The van der Waals surface area contributed by atoms with Crippen LogP contribution in [0.4, 0.5) is 0 Å². The van der Waals surface area contributed by atoms with E-state index in [2.05, 4.69) is 36.9 Å². The fourth-order valence-electron chi connectivity index (χ4n) is 2.48. The molecule has 0 amide bonds. The van der Waals surface area contributed by atoms with Crippen molar-refractivity contribution in [1.29, 1.82) is 0 Å². The number of carbonyl (C=O) groups excluding carboxylic acids is 1. The van der Waals surface area contributed by atoms with Gasteiger partial charge in [0.25, 0.3) is 0 Å². The summed E-state index contributed by atoms with van der Waals surface area (Å²) in [5.74, 6) is 0.813. The molecule has 0 fully saturated rings. The van der Waals surface area contributed by atoms with Crippen LogP contribution in [-0.2, 0) is 9.53 Å². The van der Waals surface area contributed by atoms with Crippen molar-refractivity contribution in [2.45, 2.75) is 46.0 Å². The Morgan fingerprint density at radius 2 is 1.95 bits per heavy atom. The molecule has 0 saturated carbocycles. The first kappa shape index (κ1) is 15.6. The van der Waals surface area contributed by atoms with Gasteiger partial charge in [0, 0.05) is 12.3 Å². The average molecular weight is 284 g/mol. The molecule has 0 aromatic heterocycles. The smallest absolute Gasteiger partial charge is 0.316 e. The van der Waals surface area contributed by atoms with Crippen molar-refractivity contribution in [3.63, 3.8) is 0 Å². The molecule has 1 aromatic rings. The van der Waals surface area contributed by atoms with Gasteiger partial charge in [-0.2, -0.15) is 0 Å². The Morgan fingerprint density at radius 3 is 2.57 bits per heavy atom. The molecule has 1 atom stereocenters. The van der Waals surface area contributed by atoms with Crippen molar-refractivity contribution in [3.8, 4) is 0 Å². The molecule has 0 radical (unpaired) electrons. The predicted molar refractivity (Wildman–Crippen MR) is 85.8 cm³/mol. The topological polar surface area (TPSA) is 26.3 Å². The van der Waals surface area contributed by atoms with E-state index in [4.69, 9.17) is 4.74 Å². The van der Waals surface area contributed by atoms with Crippen molar-refractivity contribution in [3.05, 3.63) is 59.9 Å². The van der Waals surface area contributed by atoms with Gasteiger partial charge in [-0.1, -0.05) is 48.6 Å². The fourth-order valence-corrected chi connectivity index (χ4v) is 2.48. The van der Waals surface area contributed by atoms with Crippen LogP contribution in [0.3, 0.4) is 0 Å². The van der Waals surface area contributed by atoms with Gasteiger partial charge < -0.3 is 4.74 Å². The highest BCUT2D eigenvalue weighted by atomic mass is 16.5. The number of esters is 1. The number of hydrogen-bond donors (Lipinski definition) is 0. The minimum Gasteiger partial charge on any atom is -0.431 e. The van der Waals surface area contributed by atoms with E-state index in [1.165, 1.54) is 11.1 Å². The first-order valence-electron chi connectivity index (χ1n) is 7.51. The average Bonchev–Trinajstić information content (AvgIpc) is 2.87. The Hall–Kier alpha value is -1.83. The molecule has 1 aliphatic rings. The van der Waals surface area contributed by atoms with E-state index < -0.39 is 5.41 Å². The van der Waals surface area contributed by atoms with Crippen LogP contribution in [0.1, 0.15) is 51.5 Å². The first-order chi connectivity index (χ1) is 9.86. The second-order valence-electron chi connectivity index (χ2n) is 6.74. The van der Waals surface area contributed by atoms with Crippen molar-refractivity contribution in [2.24, 2.45) is 5.41 Å². The van der Waals surface area contributed by atoms with Crippen LogP contribution >= 0.6 is 0 Å². The summed E-state index contributed by atoms with van der Waals surface area (Å²) in [5.41, 5.74) is 2.18. The van der Waals surface area contributed by atoms with Gasteiger partial charge >= 0.3 is 5.97 Å². The van der Waals surface area contributed by atoms with Crippen LogP contribution < -0.4 is 0 Å². The summed E-state index contributed by atoms with van der Waals surface area (Å²) < 4.78 is 5.34. The molecule has 0 heterocycles. The standard InChI is InChI=1S/C19H24O2/c1-14(21-18(20)19(2,3)4)12-15-10-11-17(13-15)16-8-6-5-7-9-16/h5-9,13,17H,1,10-12H2,2-4H3. The van der Waals surface area contributed by atoms with E-state index in [0.29, 0.717) is 18.1 Å². The lowest BCUT2D eigenvalue weighted by molar-refractivity contribution is -0.148. The summed E-state index contributed by atoms with van der Waals surface area (Å²) in [6, 6.07) is 10.5. The van der Waals surface area contributed by atoms with Crippen molar-refractivity contribution in [1.82, 2.24) is 0 Å². The molecule has 2 heteroatoms. The highest BCUT2D eigenvalue weighted by Crippen LogP contribution is 2.35. The van der Waals surface area contributed by atoms with Crippen LogP contribution in [0.25, 0.3) is 0 Å². The molecule has 0 saturated heterocycles. The molecule has 0 bridgehead atoms. The number of allylic oxidation sites excluding steroid dienone is 2. The predicted octanol–water partition coefficient (Wildman–Crippen LogP) is 4.98. The number of carbonyl (C=O) groups is 1. The number of hydrogen-bond acceptors (Lipinski definition) is 2. The van der Waals surface area contributed by atoms with Crippen LogP contribution in [0, 0.1) is 5.41 Å². The van der Waals surface area contributed by atoms with Crippen LogP contribution in [0.15, 0.2) is 54.3 Å². The number of rotatable bonds is 4. The third-order valence-electron chi connectivity index (χ3n) is 3.71. The lowest BCUT2D eigenvalue weighted by atomic mass is 9.97. The van der Waals surface area contributed by atoms with E-state index in [9.17, 15) is 4.79 Å². The molecule has 0 aliphatic heterocycles. The molecule has 0 N–H and O–H groups in total. The Morgan fingerprint density at radius 1 is 1.29 bits per heavy atom. The van der Waals surface area contributed by atoms with Crippen LogP contribution in [0.2, 0.25) is 0 Å². The Labute approximate surface area is 127 Å². The molecule has 1 unspecified atom stereocenters. The normalized spacial score (nSPS) is 18.2. The van der Waals surface area contributed by atoms with Crippen LogP contribution in [0.5, 0.6) is 0 Å². The van der Waals surface area contributed by atoms with E-state index in [-0.39, 0.29) is 5.97 Å². The Bertz CT molecular complexity index is 547. The van der Waals surface area contributed by atoms with Gasteiger partial charge in [0.1, 0.15) is 5.76 Å². The fraction of sp³-hybridized carbons (Fsp3) is 0.421. The first-order valence-corrected chi connectivity index (χ1v) is 7.51. The summed E-state index contributed by atoms with van der Waals surface area (Å²) in [7, 11) is 0. The third-order valence-corrected chi connectivity index (χ3v) is 3.71. The summed E-state index contributed by atoms with van der Waals surface area (Å²) in [4.78, 5) is 11.8. The Balaban J connectivity index is 1.92. The van der Waals surface area contributed by atoms with E-state index >= 15 is 0 Å². The maximum atomic E-state index is 11.8. The van der Waals surface area contributed by atoms with E-state index in [1.54, 1.807) is 0 Å². The van der Waals surface area contributed by atoms with Crippen molar-refractivity contribution < 1.29 is 9.53 Å². The van der Waals surface area contributed by atoms with Gasteiger partial charge in [-0.3, -0.25) is 4.79 Å². The molecular weight excluding hydrogens is 260 g/mol. The summed E-state index contributed by atoms with van der Waals surface area (Å²) in [6.45, 7) is 9.44. The van der Waals surface area contributed by atoms with Crippen LogP contribution in [-0.4, -0.2) is 5.97 Å². The van der Waals surface area contributed by atoms with Gasteiger partial charge in [-0.15, -0.1) is 0 Å². The number of ether oxygens (including phenoxy) is 1. The molecule has 1 aliphatic carbocycles. The summed E-state index contributed by atoms with van der Waals surface area (Å²) in [5, 5.41) is 0. The zero-order valence-corrected chi connectivity index (χ0v) is 13.2. The van der Waals surface area contributed by atoms with Gasteiger partial charge in [0.05, 0.1) is 5.41 Å². The molecule has 112 valence electrons. The maximum absolute atomic E-state index is 11.8. The minimum atomic E-state index is -0.487. The van der Waals surface area contributed by atoms with Crippen molar-refractivity contribution in [2.75, 3.05) is 0 Å². The molecule has 2 nitrogen and oxygen atoms in total. The third kappa shape index (κ3) is 4.32.